The van der Waals surface area contributed by atoms with Gasteiger partial charge in [0.1, 0.15) is 57.0 Å². The quantitative estimate of drug-likeness (QED) is 0.129. The number of carboxylic acids is 1. The van der Waals surface area contributed by atoms with Crippen LogP contribution in [0.4, 0.5) is 38.4 Å². The van der Waals surface area contributed by atoms with Crippen LogP contribution in [-0.2, 0) is 9.47 Å². The monoisotopic (exact) mass is 1240 g/mol. The largest absolute Gasteiger partial charge is 1.00 e. The molecule has 7 aromatic rings. The third-order valence-corrected chi connectivity index (χ3v) is 16.3. The van der Waals surface area contributed by atoms with Gasteiger partial charge in [0, 0.05) is 88.2 Å². The molecule has 7 aromatic heterocycles. The van der Waals surface area contributed by atoms with Gasteiger partial charge in [0.2, 0.25) is 0 Å². The van der Waals surface area contributed by atoms with Gasteiger partial charge in [0.15, 0.2) is 0 Å². The van der Waals surface area contributed by atoms with Gasteiger partial charge in [-0.2, -0.15) is 0 Å². The van der Waals surface area contributed by atoms with Gasteiger partial charge >= 0.3 is 31.0 Å². The third-order valence-electron chi connectivity index (χ3n) is 16.3. The second-order valence-electron chi connectivity index (χ2n) is 26.4. The Labute approximate surface area is 541 Å². The van der Waals surface area contributed by atoms with Crippen LogP contribution < -0.4 is 54.6 Å². The fourth-order valence-corrected chi connectivity index (χ4v) is 11.5. The Morgan fingerprint density at radius 1 is 0.495 bits per heavy atom. The Bertz CT molecular complexity index is 3760. The van der Waals surface area contributed by atoms with Crippen LogP contribution in [0, 0.1) is 27.7 Å². The van der Waals surface area contributed by atoms with Crippen molar-refractivity contribution in [3.05, 3.63) is 114 Å². The molecule has 3 saturated carbocycles. The van der Waals surface area contributed by atoms with E-state index in [4.69, 9.17) is 9.47 Å². The van der Waals surface area contributed by atoms with E-state index in [0.29, 0.717) is 48.2 Å². The smallest absolute Gasteiger partial charge is 0.543 e. The van der Waals surface area contributed by atoms with E-state index >= 15 is 0 Å². The van der Waals surface area contributed by atoms with Crippen molar-refractivity contribution in [1.29, 1.82) is 0 Å². The van der Waals surface area contributed by atoms with Gasteiger partial charge in [-0.05, 0) is 150 Å². The van der Waals surface area contributed by atoms with Crippen molar-refractivity contribution in [2.75, 3.05) is 64.6 Å². The Morgan fingerprint density at radius 2 is 0.890 bits per heavy atom. The minimum Gasteiger partial charge on any atom is -0.543 e. The Hall–Kier alpha value is -8.47. The molecule has 91 heavy (non-hydrogen) atoms. The first kappa shape index (κ1) is 65.5. The number of hydrogen-bond acceptors (Lipinski definition) is 20. The average molecular weight is 1240 g/mol. The van der Waals surface area contributed by atoms with Gasteiger partial charge < -0.3 is 68.6 Å². The summed E-state index contributed by atoms with van der Waals surface area (Å²) in [6, 6.07) is 5.78. The normalized spacial score (nSPS) is 18.8. The van der Waals surface area contributed by atoms with Gasteiger partial charge in [-0.1, -0.05) is 0 Å². The zero-order chi connectivity index (χ0) is 63.8. The number of aryl methyl sites for hydroxylation is 4. The van der Waals surface area contributed by atoms with E-state index in [-0.39, 0.29) is 78.4 Å². The van der Waals surface area contributed by atoms with Crippen molar-refractivity contribution in [3.63, 3.8) is 0 Å². The van der Waals surface area contributed by atoms with Crippen LogP contribution in [0.15, 0.2) is 74.1 Å². The molecule has 3 unspecified atom stereocenters. The van der Waals surface area contributed by atoms with E-state index in [1.165, 1.54) is 31.4 Å². The number of pyridine rings is 2. The van der Waals surface area contributed by atoms with Gasteiger partial charge in [0.05, 0.1) is 78.0 Å². The first-order valence-electron chi connectivity index (χ1n) is 31.1. The number of nitrogens with one attached hydrogen (secondary N) is 3. The molecule has 3 aliphatic heterocycles. The SMILES string of the molecule is CC(C)(C)OC(=O)N(C1CC1)C1CCN(c2cnc(C(=O)[O-])cn2)C1.Cc1cn2cc(NC(=O)c3cnc(N4CCC(N(C(=O)OC(C)(C)C)C5CC5)C4)cn3)c(C)cc2n1.Cc1cn2cc(NC(=O)c3cnc(N4CCC(NC5CC5)C4)cn3)c(C)cc2n1.[Li+]. The van der Waals surface area contributed by atoms with E-state index < -0.39 is 17.2 Å². The number of ether oxygens (including phenoxy) is 2. The summed E-state index contributed by atoms with van der Waals surface area (Å²) >= 11 is 0. The number of carbonyl (C=O) groups excluding carboxylic acids is 5. The second-order valence-corrected chi connectivity index (χ2v) is 26.4. The number of carbonyl (C=O) groups is 5. The van der Waals surface area contributed by atoms with Crippen LogP contribution in [0.25, 0.3) is 11.3 Å². The molecule has 0 radical (unpaired) electrons. The second kappa shape index (κ2) is 27.2. The van der Waals surface area contributed by atoms with Crippen LogP contribution in [0.2, 0.25) is 0 Å². The Morgan fingerprint density at radius 3 is 1.25 bits per heavy atom. The van der Waals surface area contributed by atoms with Gasteiger partial charge in [-0.15, -0.1) is 0 Å². The van der Waals surface area contributed by atoms with Crippen molar-refractivity contribution < 1.29 is 57.4 Å². The minimum atomic E-state index is -1.34. The number of rotatable bonds is 14. The first-order chi connectivity index (χ1) is 42.9. The predicted molar refractivity (Wildman–Crippen MR) is 336 cm³/mol. The van der Waals surface area contributed by atoms with Crippen LogP contribution in [0.5, 0.6) is 0 Å². The fourth-order valence-electron chi connectivity index (χ4n) is 11.5. The summed E-state index contributed by atoms with van der Waals surface area (Å²) in [5.41, 5.74) is 6.16. The van der Waals surface area contributed by atoms with E-state index in [0.717, 1.165) is 116 Å². The van der Waals surface area contributed by atoms with Crippen molar-refractivity contribution >= 4 is 70.1 Å². The minimum absolute atomic E-state index is 0. The molecule has 27 heteroatoms. The Kier molecular flexibility index (Phi) is 19.5. The number of carboxylic acid groups (broad SMARTS) is 1. The maximum absolute atomic E-state index is 12.8. The maximum atomic E-state index is 12.8. The summed E-state index contributed by atoms with van der Waals surface area (Å²) in [4.78, 5) is 106. The standard InChI is InChI=1S/C26H33N7O3.C21H25N7O.C17H24N4O4.Li/c1-16-10-22-29-17(2)13-32(22)15-21(16)30-24(34)20-11-28-23(12-27-20)31-9-8-19(14-31)33(18-6-7-18)25(35)36-26(3,4)5;1-13-7-19-24-14(2)10-28(19)12-18(13)26-21(29)17-8-23-20(9-22-17)27-6-5-16(11-27)25-15-3-4-15;1-17(2,3)25-16(24)21(11-4-5-11)12-6-7-20(10-12)14-9-18-13(8-19-14)15(22)23;/h10-13,15,18-19H,6-9,14H2,1-5H3,(H,30,34);7-10,12,15-16,25H,3-6,11H2,1-2H3,(H,26,29);8-9,11-12H,4-7,10H2,1-3H3,(H,22,23);/q;;;+1/p-1. The number of imidazole rings is 2. The van der Waals surface area contributed by atoms with Crippen molar-refractivity contribution in [2.45, 2.75) is 174 Å². The molecule has 3 aliphatic carbocycles. The van der Waals surface area contributed by atoms with E-state index in [1.54, 1.807) is 18.6 Å². The van der Waals surface area contributed by atoms with Crippen molar-refractivity contribution in [2.24, 2.45) is 0 Å². The first-order valence-corrected chi connectivity index (χ1v) is 31.1. The van der Waals surface area contributed by atoms with E-state index in [1.807, 2.05) is 130 Å². The number of hydrogen-bond donors (Lipinski definition) is 3. The van der Waals surface area contributed by atoms with Crippen LogP contribution in [0.3, 0.4) is 0 Å². The molecular formula is C64H81LiN18O8. The molecule has 13 rings (SSSR count). The zero-order valence-corrected chi connectivity index (χ0v) is 54.0. The molecule has 26 nitrogen and oxygen atoms in total. The molecule has 6 aliphatic rings. The van der Waals surface area contributed by atoms with Crippen LogP contribution in [-0.4, -0.2) is 175 Å². The molecule has 10 heterocycles. The summed E-state index contributed by atoms with van der Waals surface area (Å²) in [7, 11) is 0. The van der Waals surface area contributed by atoms with E-state index in [2.05, 4.69) is 65.6 Å². The summed E-state index contributed by atoms with van der Waals surface area (Å²) in [5, 5.41) is 20.3. The van der Waals surface area contributed by atoms with Gasteiger partial charge in [-0.25, -0.2) is 49.5 Å². The van der Waals surface area contributed by atoms with E-state index in [9.17, 15) is 29.1 Å². The molecule has 3 saturated heterocycles. The van der Waals surface area contributed by atoms with Crippen LogP contribution in [0.1, 0.15) is 153 Å². The molecule has 0 spiro atoms. The Balaban J connectivity index is 0.000000152. The molecule has 0 aromatic carbocycles. The molecule has 3 N–H and O–H groups in total. The summed E-state index contributed by atoms with van der Waals surface area (Å²) < 4.78 is 15.0. The summed E-state index contributed by atoms with van der Waals surface area (Å²) in [5.74, 6) is 0.194. The fraction of sp³-hybridized carbons (Fsp3) is 0.516. The molecule has 0 bridgehead atoms. The number of nitrogens with zero attached hydrogens (tertiary/aromatic N) is 15. The van der Waals surface area contributed by atoms with Crippen LogP contribution >= 0.6 is 0 Å². The average Bonchev–Trinajstić information content (AvgIpc) is 1.76. The molecule has 6 fully saturated rings. The van der Waals surface area contributed by atoms with Crippen molar-refractivity contribution in [1.82, 2.24) is 63.8 Å². The molecular weight excluding hydrogens is 1160 g/mol. The molecule has 476 valence electrons. The molecule has 3 atom stereocenters. The number of aromatic carboxylic acids is 1. The third kappa shape index (κ3) is 16.7. The summed E-state index contributed by atoms with van der Waals surface area (Å²) in [6.07, 6.45) is 25.5. The number of fused-ring (bicyclic) bond motifs is 2. The summed E-state index contributed by atoms with van der Waals surface area (Å²) in [6.45, 7) is 23.7. The zero-order valence-electron chi connectivity index (χ0n) is 54.0. The number of anilines is 5. The topological polar surface area (TPSA) is 291 Å². The molecule has 4 amide bonds. The number of aromatic nitrogens is 10. The maximum Gasteiger partial charge on any atom is 1.00 e. The van der Waals surface area contributed by atoms with Gasteiger partial charge in [0.25, 0.3) is 11.8 Å². The van der Waals surface area contributed by atoms with Gasteiger partial charge in [-0.3, -0.25) is 9.59 Å². The van der Waals surface area contributed by atoms with Crippen molar-refractivity contribution in [3.8, 4) is 0 Å². The predicted octanol–water partition coefficient (Wildman–Crippen LogP) is 4.12. The number of amides is 4.